The van der Waals surface area contributed by atoms with Crippen LogP contribution in [0.2, 0.25) is 0 Å². The van der Waals surface area contributed by atoms with Crippen LogP contribution >= 0.6 is 11.3 Å². The van der Waals surface area contributed by atoms with Crippen molar-refractivity contribution in [1.82, 2.24) is 19.7 Å². The first-order valence-corrected chi connectivity index (χ1v) is 9.93. The van der Waals surface area contributed by atoms with Gasteiger partial charge in [-0.3, -0.25) is 14.8 Å². The number of pyridine rings is 1. The lowest BCUT2D eigenvalue weighted by molar-refractivity contribution is 0.102. The number of hydrogen-bond acceptors (Lipinski definition) is 6. The molecule has 0 aliphatic heterocycles. The number of carbonyl (C=O) groups is 1. The zero-order chi connectivity index (χ0) is 20.7. The van der Waals surface area contributed by atoms with E-state index in [-0.39, 0.29) is 5.91 Å². The van der Waals surface area contributed by atoms with Crippen molar-refractivity contribution in [3.8, 4) is 17.0 Å². The van der Waals surface area contributed by atoms with Gasteiger partial charge in [0.1, 0.15) is 5.75 Å². The molecular formula is C21H21N5O2S. The summed E-state index contributed by atoms with van der Waals surface area (Å²) in [5.41, 5.74) is 4.61. The van der Waals surface area contributed by atoms with Crippen molar-refractivity contribution in [2.75, 3.05) is 12.4 Å². The first kappa shape index (κ1) is 19.1. The van der Waals surface area contributed by atoms with Crippen molar-refractivity contribution in [3.05, 3.63) is 52.2 Å². The molecule has 0 atom stereocenters. The number of thiazole rings is 1. The van der Waals surface area contributed by atoms with Gasteiger partial charge in [0.25, 0.3) is 5.91 Å². The SMILES string of the molecule is COc1ccc(-c2nc(NC(=O)c3cc(C)nc4c3c(C)nn4C)sc2C)cc1. The fourth-order valence-electron chi connectivity index (χ4n) is 3.38. The third kappa shape index (κ3) is 3.47. The topological polar surface area (TPSA) is 81.9 Å². The van der Waals surface area contributed by atoms with E-state index in [1.54, 1.807) is 17.9 Å². The van der Waals surface area contributed by atoms with E-state index in [1.165, 1.54) is 11.3 Å². The van der Waals surface area contributed by atoms with Gasteiger partial charge in [0.05, 0.1) is 29.4 Å². The van der Waals surface area contributed by atoms with Crippen molar-refractivity contribution in [3.63, 3.8) is 0 Å². The van der Waals surface area contributed by atoms with Crippen LogP contribution in [-0.4, -0.2) is 32.8 Å². The van der Waals surface area contributed by atoms with Crippen molar-refractivity contribution in [2.24, 2.45) is 7.05 Å². The van der Waals surface area contributed by atoms with Crippen molar-refractivity contribution >= 4 is 33.4 Å². The normalized spacial score (nSPS) is 11.1. The number of amides is 1. The highest BCUT2D eigenvalue weighted by molar-refractivity contribution is 7.16. The predicted molar refractivity (Wildman–Crippen MR) is 115 cm³/mol. The number of methoxy groups -OCH3 is 1. The highest BCUT2D eigenvalue weighted by Crippen LogP contribution is 2.32. The fraction of sp³-hybridized carbons (Fsp3) is 0.238. The van der Waals surface area contributed by atoms with Crippen LogP contribution in [0.3, 0.4) is 0 Å². The van der Waals surface area contributed by atoms with E-state index in [0.29, 0.717) is 16.3 Å². The molecule has 3 aromatic heterocycles. The Morgan fingerprint density at radius 3 is 2.55 bits per heavy atom. The second-order valence-corrected chi connectivity index (χ2v) is 8.03. The maximum Gasteiger partial charge on any atom is 0.258 e. The average molecular weight is 407 g/mol. The van der Waals surface area contributed by atoms with Gasteiger partial charge in [-0.25, -0.2) is 9.97 Å². The number of ether oxygens (including phenoxy) is 1. The first-order chi connectivity index (χ1) is 13.9. The number of fused-ring (bicyclic) bond motifs is 1. The predicted octanol–water partition coefficient (Wildman–Crippen LogP) is 4.28. The van der Waals surface area contributed by atoms with Crippen LogP contribution in [0.4, 0.5) is 5.13 Å². The number of nitrogens with one attached hydrogen (secondary N) is 1. The van der Waals surface area contributed by atoms with Gasteiger partial charge in [-0.1, -0.05) is 0 Å². The number of rotatable bonds is 4. The molecular weight excluding hydrogens is 386 g/mol. The maximum absolute atomic E-state index is 13.1. The van der Waals surface area contributed by atoms with Crippen molar-refractivity contribution in [1.29, 1.82) is 0 Å². The summed E-state index contributed by atoms with van der Waals surface area (Å²) in [4.78, 5) is 23.2. The highest BCUT2D eigenvalue weighted by atomic mass is 32.1. The second-order valence-electron chi connectivity index (χ2n) is 6.83. The number of carbonyl (C=O) groups excluding carboxylic acids is 1. The van der Waals surface area contributed by atoms with E-state index in [9.17, 15) is 4.79 Å². The van der Waals surface area contributed by atoms with E-state index in [4.69, 9.17) is 4.74 Å². The van der Waals surface area contributed by atoms with Crippen LogP contribution in [0.25, 0.3) is 22.3 Å². The zero-order valence-corrected chi connectivity index (χ0v) is 17.7. The van der Waals surface area contributed by atoms with Gasteiger partial charge in [-0.2, -0.15) is 5.10 Å². The van der Waals surface area contributed by atoms with Crippen LogP contribution in [0.5, 0.6) is 5.75 Å². The summed E-state index contributed by atoms with van der Waals surface area (Å²) in [6.07, 6.45) is 0. The minimum absolute atomic E-state index is 0.216. The summed E-state index contributed by atoms with van der Waals surface area (Å²) in [5.74, 6) is 0.575. The van der Waals surface area contributed by atoms with Crippen LogP contribution in [0.15, 0.2) is 30.3 Å². The van der Waals surface area contributed by atoms with Gasteiger partial charge in [0.15, 0.2) is 10.8 Å². The first-order valence-electron chi connectivity index (χ1n) is 9.11. The Kier molecular flexibility index (Phi) is 4.79. The van der Waals surface area contributed by atoms with E-state index in [2.05, 4.69) is 20.4 Å². The van der Waals surface area contributed by atoms with E-state index < -0.39 is 0 Å². The summed E-state index contributed by atoms with van der Waals surface area (Å²) >= 11 is 1.45. The summed E-state index contributed by atoms with van der Waals surface area (Å²) in [6.45, 7) is 5.74. The molecule has 0 aliphatic carbocycles. The summed E-state index contributed by atoms with van der Waals surface area (Å²) < 4.78 is 6.91. The van der Waals surface area contributed by atoms with Gasteiger partial charge in [-0.15, -0.1) is 11.3 Å². The molecule has 0 saturated carbocycles. The lowest BCUT2D eigenvalue weighted by Gasteiger charge is -2.06. The van der Waals surface area contributed by atoms with Gasteiger partial charge in [0, 0.05) is 23.2 Å². The minimum Gasteiger partial charge on any atom is -0.497 e. The molecule has 0 radical (unpaired) electrons. The minimum atomic E-state index is -0.216. The number of hydrogen-bond donors (Lipinski definition) is 1. The number of anilines is 1. The molecule has 29 heavy (non-hydrogen) atoms. The van der Waals surface area contributed by atoms with E-state index in [0.717, 1.165) is 38.7 Å². The standard InChI is InChI=1S/C21H21N5O2S/c1-11-10-16(17-12(2)25-26(4)19(17)22-11)20(27)24-21-23-18(13(3)29-21)14-6-8-15(28-5)9-7-14/h6-10H,1-5H3,(H,23,24,27). The van der Waals surface area contributed by atoms with Crippen LogP contribution in [-0.2, 0) is 7.05 Å². The molecule has 1 aromatic carbocycles. The molecule has 148 valence electrons. The molecule has 4 rings (SSSR count). The maximum atomic E-state index is 13.1. The number of benzene rings is 1. The largest absolute Gasteiger partial charge is 0.497 e. The van der Waals surface area contributed by atoms with Gasteiger partial charge >= 0.3 is 0 Å². The zero-order valence-electron chi connectivity index (χ0n) is 16.9. The lowest BCUT2D eigenvalue weighted by atomic mass is 10.1. The van der Waals surface area contributed by atoms with Gasteiger partial charge in [-0.05, 0) is 51.1 Å². The Morgan fingerprint density at radius 1 is 1.14 bits per heavy atom. The molecule has 1 N–H and O–H groups in total. The molecule has 0 fully saturated rings. The van der Waals surface area contributed by atoms with Crippen molar-refractivity contribution in [2.45, 2.75) is 20.8 Å². The Morgan fingerprint density at radius 2 is 1.86 bits per heavy atom. The lowest BCUT2D eigenvalue weighted by Crippen LogP contribution is -2.13. The molecule has 3 heterocycles. The number of aryl methyl sites for hydroxylation is 4. The Labute approximate surface area is 172 Å². The average Bonchev–Trinajstić information content (AvgIpc) is 3.20. The molecule has 0 unspecified atom stereocenters. The third-order valence-electron chi connectivity index (χ3n) is 4.72. The second kappa shape index (κ2) is 7.29. The Balaban J connectivity index is 1.67. The Bertz CT molecular complexity index is 1220. The molecule has 4 aromatic rings. The molecule has 0 saturated heterocycles. The smallest absolute Gasteiger partial charge is 0.258 e. The molecule has 0 bridgehead atoms. The Hall–Kier alpha value is -3.26. The molecule has 1 amide bonds. The molecule has 7 nitrogen and oxygen atoms in total. The van der Waals surface area contributed by atoms with Crippen LogP contribution in [0, 0.1) is 20.8 Å². The monoisotopic (exact) mass is 407 g/mol. The van der Waals surface area contributed by atoms with Gasteiger partial charge < -0.3 is 4.74 Å². The van der Waals surface area contributed by atoms with E-state index in [1.807, 2.05) is 52.1 Å². The molecule has 0 spiro atoms. The van der Waals surface area contributed by atoms with Crippen LogP contribution < -0.4 is 10.1 Å². The fourth-order valence-corrected chi connectivity index (χ4v) is 4.21. The third-order valence-corrected chi connectivity index (χ3v) is 5.61. The van der Waals surface area contributed by atoms with Crippen LogP contribution in [0.1, 0.15) is 26.6 Å². The number of nitrogens with zero attached hydrogens (tertiary/aromatic N) is 4. The summed E-state index contributed by atoms with van der Waals surface area (Å²) in [7, 11) is 3.47. The van der Waals surface area contributed by atoms with Crippen molar-refractivity contribution < 1.29 is 9.53 Å². The van der Waals surface area contributed by atoms with Gasteiger partial charge in [0.2, 0.25) is 0 Å². The highest BCUT2D eigenvalue weighted by Gasteiger charge is 2.19. The summed E-state index contributed by atoms with van der Waals surface area (Å²) in [5, 5.41) is 8.67. The molecule has 0 aliphatic rings. The molecule has 8 heteroatoms. The summed E-state index contributed by atoms with van der Waals surface area (Å²) in [6, 6.07) is 9.50. The number of aromatic nitrogens is 4. The quantitative estimate of drug-likeness (QED) is 0.546. The van der Waals surface area contributed by atoms with E-state index >= 15 is 0 Å².